The molecule has 0 amide bonds. The maximum absolute atomic E-state index is 11.5. The van der Waals surface area contributed by atoms with E-state index in [-0.39, 0.29) is 22.9 Å². The SMILES string of the molecule is BrCc1ccccc1Br.CC(Cc1ccccc1Br)C(=O)Cl.CC1Cc2c(Br)cccc2C1=O.Cc1ccccc1.Cc1ccccc1Br.[Cl][Al]([Cl])[Cl]. The number of carbonyl (C=O) groups is 2. The molecule has 2 unspecified atom stereocenters. The van der Waals surface area contributed by atoms with Crippen LogP contribution in [0.1, 0.15) is 52.0 Å². The first-order valence-electron chi connectivity index (χ1n) is 16.3. The molecule has 0 fully saturated rings. The predicted molar refractivity (Wildman–Crippen MR) is 249 cm³/mol. The number of fused-ring (bicyclic) bond motifs is 1. The van der Waals surface area contributed by atoms with E-state index in [1.807, 2.05) is 111 Å². The maximum Gasteiger partial charge on any atom is 0.643 e. The maximum atomic E-state index is 11.5. The highest BCUT2D eigenvalue weighted by molar-refractivity contribution is 9.11. The number of Topliss-reactive ketones (excluding diaryl/α,β-unsaturated/α-hetero) is 1. The molecule has 0 aliphatic heterocycles. The molecule has 0 radical (unpaired) electrons. The third kappa shape index (κ3) is 21.6. The Balaban J connectivity index is 0.000000328. The Morgan fingerprint density at radius 2 is 1.15 bits per heavy atom. The van der Waals surface area contributed by atoms with Gasteiger partial charge in [0, 0.05) is 40.6 Å². The van der Waals surface area contributed by atoms with Crippen LogP contribution in [0.5, 0.6) is 0 Å². The van der Waals surface area contributed by atoms with Gasteiger partial charge in [-0.15, -0.1) is 0 Å². The van der Waals surface area contributed by atoms with Gasteiger partial charge in [0.1, 0.15) is 0 Å². The second-order valence-electron chi connectivity index (χ2n) is 11.6. The second-order valence-corrected chi connectivity index (χ2v) is 22.4. The Labute approximate surface area is 379 Å². The van der Waals surface area contributed by atoms with Gasteiger partial charge < -0.3 is 0 Å². The van der Waals surface area contributed by atoms with Crippen molar-refractivity contribution in [3.05, 3.63) is 173 Å². The first-order valence-corrected chi connectivity index (χ1v) is 26.2. The van der Waals surface area contributed by atoms with Crippen molar-refractivity contribution in [1.82, 2.24) is 0 Å². The number of rotatable bonds is 4. The Morgan fingerprint density at radius 3 is 1.53 bits per heavy atom. The van der Waals surface area contributed by atoms with Crippen molar-refractivity contribution in [2.24, 2.45) is 11.8 Å². The quantitative estimate of drug-likeness (QED) is 0.102. The molecule has 1 aliphatic rings. The minimum atomic E-state index is -1.72. The summed E-state index contributed by atoms with van der Waals surface area (Å²) in [5.41, 5.74) is 7.09. The minimum Gasteiger partial charge on any atom is -0.294 e. The van der Waals surface area contributed by atoms with E-state index >= 15 is 0 Å². The molecule has 5 aromatic rings. The average Bonchev–Trinajstić information content (AvgIpc) is 3.42. The smallest absolute Gasteiger partial charge is 0.294 e. The van der Waals surface area contributed by atoms with Crippen molar-refractivity contribution in [2.75, 3.05) is 0 Å². The van der Waals surface area contributed by atoms with E-state index in [1.165, 1.54) is 31.2 Å². The van der Waals surface area contributed by atoms with Crippen molar-refractivity contribution in [3.8, 4) is 0 Å². The van der Waals surface area contributed by atoms with E-state index in [2.05, 4.69) is 118 Å². The first-order chi connectivity index (χ1) is 25.1. The Bertz CT molecular complexity index is 1810. The summed E-state index contributed by atoms with van der Waals surface area (Å²) in [7, 11) is 14.8. The molecule has 282 valence electrons. The minimum absolute atomic E-state index is 0.125. The lowest BCUT2D eigenvalue weighted by atomic mass is 10.0. The molecule has 2 nitrogen and oxygen atoms in total. The van der Waals surface area contributed by atoms with Gasteiger partial charge in [-0.3, -0.25) is 9.59 Å². The Hall–Kier alpha value is -0.468. The van der Waals surface area contributed by atoms with E-state index in [0.717, 1.165) is 31.8 Å². The highest BCUT2D eigenvalue weighted by atomic mass is 79.9. The van der Waals surface area contributed by atoms with Crippen LogP contribution < -0.4 is 0 Å². The molecule has 0 N–H and O–H groups in total. The molecule has 2 atom stereocenters. The average molecular weight is 1130 g/mol. The Morgan fingerprint density at radius 1 is 0.698 bits per heavy atom. The fourth-order valence-corrected chi connectivity index (χ4v) is 7.05. The van der Waals surface area contributed by atoms with Crippen molar-refractivity contribution < 1.29 is 9.59 Å². The number of hydrogen-bond donors (Lipinski definition) is 0. The molecule has 1 aliphatic carbocycles. The molecule has 0 saturated heterocycles. The van der Waals surface area contributed by atoms with E-state index in [1.54, 1.807) is 0 Å². The van der Waals surface area contributed by atoms with Gasteiger partial charge in [-0.05, 0) is 84.8 Å². The molecular formula is C41H40AlBr5Cl4O2. The monoisotopic (exact) mass is 1130 g/mol. The van der Waals surface area contributed by atoms with Crippen molar-refractivity contribution in [3.63, 3.8) is 0 Å². The van der Waals surface area contributed by atoms with Gasteiger partial charge in [0.2, 0.25) is 5.24 Å². The summed E-state index contributed by atoms with van der Waals surface area (Å²) in [6.45, 7) is 7.97. The summed E-state index contributed by atoms with van der Waals surface area (Å²) in [5, 5.41) is 0.629. The lowest BCUT2D eigenvalue weighted by molar-refractivity contribution is -0.114. The first kappa shape index (κ1) is 50.6. The number of hydrogen-bond acceptors (Lipinski definition) is 2. The fraction of sp³-hybridized carbons (Fsp3) is 0.220. The van der Waals surface area contributed by atoms with E-state index in [9.17, 15) is 9.59 Å². The number of carbonyl (C=O) groups excluding carboxylic acids is 2. The molecule has 0 heterocycles. The number of benzene rings is 5. The zero-order valence-electron chi connectivity index (χ0n) is 29.6. The number of halogens is 9. The van der Waals surface area contributed by atoms with Crippen LogP contribution in [0.15, 0.2) is 139 Å². The molecule has 12 heteroatoms. The summed E-state index contributed by atoms with van der Waals surface area (Å²) in [6.07, 6.45) is 1.57. The van der Waals surface area contributed by atoms with Crippen molar-refractivity contribution in [2.45, 2.75) is 45.9 Å². The molecule has 0 saturated carbocycles. The van der Waals surface area contributed by atoms with Gasteiger partial charge in [0.15, 0.2) is 5.78 Å². The summed E-state index contributed by atoms with van der Waals surface area (Å²) < 4.78 is 4.44. The highest BCUT2D eigenvalue weighted by Gasteiger charge is 2.27. The van der Waals surface area contributed by atoms with E-state index in [0.29, 0.717) is 6.42 Å². The topological polar surface area (TPSA) is 34.1 Å². The standard InChI is InChI=1S/C10H10BrClO.C10H9BrO.C7H6Br2.C7H7Br.C7H8.Al.3ClH/c1-7(10(12)13)6-8-4-2-3-5-9(8)11;1-6-5-8-7(10(6)12)3-2-4-9(8)11;8-5-6-3-1-2-4-7(6)9;1-6-4-2-3-5-7(6)8;1-7-5-3-2-4-6-7;;;;/h2-5,7H,6H2,1H3;2-4,6H,5H2,1H3;1-4H,5H2;2-5H,1H3;2-6H,1H3;;3*1H/q;;;;;+3;;;/p-3. The lowest BCUT2D eigenvalue weighted by Crippen LogP contribution is -2.07. The van der Waals surface area contributed by atoms with Gasteiger partial charge in [0.25, 0.3) is 0 Å². The van der Waals surface area contributed by atoms with Crippen molar-refractivity contribution >= 4 is 144 Å². The van der Waals surface area contributed by atoms with Gasteiger partial charge in [0.05, 0.1) is 0 Å². The lowest BCUT2D eigenvalue weighted by Gasteiger charge is -2.07. The van der Waals surface area contributed by atoms with Crippen LogP contribution in [0.4, 0.5) is 0 Å². The van der Waals surface area contributed by atoms with Crippen LogP contribution in [0.25, 0.3) is 0 Å². The van der Waals surface area contributed by atoms with Crippen molar-refractivity contribution in [1.29, 1.82) is 0 Å². The van der Waals surface area contributed by atoms with Gasteiger partial charge in [-0.25, -0.2) is 30.1 Å². The molecule has 0 aromatic heterocycles. The van der Waals surface area contributed by atoms with Crippen LogP contribution in [-0.2, 0) is 23.0 Å². The van der Waals surface area contributed by atoms with Gasteiger partial charge in [-0.1, -0.05) is 196 Å². The van der Waals surface area contributed by atoms with Crippen LogP contribution in [0, 0.1) is 25.7 Å². The molecule has 0 bridgehead atoms. The van der Waals surface area contributed by atoms with E-state index < -0.39 is 11.4 Å². The largest absolute Gasteiger partial charge is 0.643 e. The predicted octanol–water partition coefficient (Wildman–Crippen LogP) is 16.0. The molecule has 0 spiro atoms. The Kier molecular flexibility index (Phi) is 27.5. The van der Waals surface area contributed by atoms with E-state index in [4.69, 9.17) is 41.7 Å². The van der Waals surface area contributed by atoms with Crippen LogP contribution in [0.2, 0.25) is 0 Å². The van der Waals surface area contributed by atoms with Crippen LogP contribution in [-0.4, -0.2) is 22.4 Å². The number of aryl methyl sites for hydroxylation is 2. The molecular weight excluding hydrogens is 1090 g/mol. The highest BCUT2D eigenvalue weighted by Crippen LogP contribution is 2.31. The number of alkyl halides is 1. The fourth-order valence-electron chi connectivity index (χ4n) is 4.43. The molecule has 53 heavy (non-hydrogen) atoms. The van der Waals surface area contributed by atoms with Gasteiger partial charge >= 0.3 is 11.4 Å². The van der Waals surface area contributed by atoms with Crippen LogP contribution >= 0.6 is 121 Å². The summed E-state index contributed by atoms with van der Waals surface area (Å²) in [6, 6.07) is 40.2. The third-order valence-electron chi connectivity index (χ3n) is 7.33. The van der Waals surface area contributed by atoms with Crippen LogP contribution in [0.3, 0.4) is 0 Å². The zero-order valence-corrected chi connectivity index (χ0v) is 41.7. The third-order valence-corrected chi connectivity index (χ3v) is 11.5. The zero-order chi connectivity index (χ0) is 39.9. The molecule has 5 aromatic carbocycles. The summed E-state index contributed by atoms with van der Waals surface area (Å²) in [4.78, 5) is 22.3. The second kappa shape index (κ2) is 28.9. The van der Waals surface area contributed by atoms with Gasteiger partial charge in [-0.2, -0.15) is 0 Å². The summed E-state index contributed by atoms with van der Waals surface area (Å²) >= 11 is 20.7. The molecule has 6 rings (SSSR count). The summed E-state index contributed by atoms with van der Waals surface area (Å²) in [5.74, 6) is 0.324. The number of ketones is 1. The normalized spacial score (nSPS) is 12.5.